The molecule has 2 heterocycles. The summed E-state index contributed by atoms with van der Waals surface area (Å²) in [5.41, 5.74) is 6.16. The molecule has 0 saturated heterocycles. The third-order valence-electron chi connectivity index (χ3n) is 2.25. The number of nitrogens with zero attached hydrogens (tertiary/aromatic N) is 4. The molecule has 0 amide bonds. The molecule has 0 aliphatic heterocycles. The van der Waals surface area contributed by atoms with E-state index in [4.69, 9.17) is 15.5 Å². The van der Waals surface area contributed by atoms with Crippen LogP contribution in [0.3, 0.4) is 0 Å². The molecule has 0 aromatic carbocycles. The number of hydrogen-bond acceptors (Lipinski definition) is 7. The molecule has 0 radical (unpaired) electrons. The Hall–Kier alpha value is -2.62. The number of anilines is 2. The normalized spacial score (nSPS) is 10.0. The predicted octanol–water partition coefficient (Wildman–Crippen LogP) is 0.881. The molecule has 0 atom stereocenters. The molecule has 0 spiro atoms. The molecule has 92 valence electrons. The zero-order chi connectivity index (χ0) is 13.0. The van der Waals surface area contributed by atoms with E-state index in [-0.39, 0.29) is 5.69 Å². The molecule has 0 saturated carbocycles. The summed E-state index contributed by atoms with van der Waals surface area (Å²) in [7, 11) is 0. The van der Waals surface area contributed by atoms with Gasteiger partial charge in [0.15, 0.2) is 11.5 Å². The summed E-state index contributed by atoms with van der Waals surface area (Å²) in [5, 5.41) is 15.5. The number of aromatic nitrogens is 3. The van der Waals surface area contributed by atoms with Crippen molar-refractivity contribution in [1.82, 2.24) is 15.1 Å². The van der Waals surface area contributed by atoms with E-state index in [2.05, 4.69) is 20.4 Å². The molecule has 7 nitrogen and oxygen atoms in total. The standard InChI is InChI=1S/C11H12N6O/c1-7-15-11(18-17-7)4-5-14-10-3-2-8(13)9(6-12)16-10/h2-3H,4-5,13H2,1H3,(H,14,16). The largest absolute Gasteiger partial charge is 0.396 e. The molecule has 0 aliphatic carbocycles. The highest BCUT2D eigenvalue weighted by Gasteiger charge is 2.04. The fourth-order valence-electron chi connectivity index (χ4n) is 1.40. The number of pyridine rings is 1. The maximum atomic E-state index is 8.80. The summed E-state index contributed by atoms with van der Waals surface area (Å²) in [6.07, 6.45) is 0.592. The van der Waals surface area contributed by atoms with Gasteiger partial charge in [-0.2, -0.15) is 10.2 Å². The van der Waals surface area contributed by atoms with Crippen molar-refractivity contribution < 1.29 is 4.52 Å². The number of hydrogen-bond donors (Lipinski definition) is 2. The van der Waals surface area contributed by atoms with Gasteiger partial charge in [0.05, 0.1) is 5.69 Å². The van der Waals surface area contributed by atoms with E-state index in [1.807, 2.05) is 6.07 Å². The van der Waals surface area contributed by atoms with Crippen LogP contribution in [0.5, 0.6) is 0 Å². The van der Waals surface area contributed by atoms with Crippen LogP contribution in [0.15, 0.2) is 16.7 Å². The number of aryl methyl sites for hydroxylation is 1. The number of nitrogen functional groups attached to an aromatic ring is 1. The smallest absolute Gasteiger partial charge is 0.228 e. The van der Waals surface area contributed by atoms with Gasteiger partial charge in [-0.3, -0.25) is 0 Å². The molecule has 0 fully saturated rings. The summed E-state index contributed by atoms with van der Waals surface area (Å²) in [6, 6.07) is 5.29. The van der Waals surface area contributed by atoms with E-state index in [1.54, 1.807) is 19.1 Å². The monoisotopic (exact) mass is 244 g/mol. The highest BCUT2D eigenvalue weighted by Crippen LogP contribution is 2.11. The molecular formula is C11H12N6O. The highest BCUT2D eigenvalue weighted by molar-refractivity contribution is 5.54. The summed E-state index contributed by atoms with van der Waals surface area (Å²) in [5.74, 6) is 1.77. The summed E-state index contributed by atoms with van der Waals surface area (Å²) in [4.78, 5) is 8.14. The van der Waals surface area contributed by atoms with Crippen LogP contribution in [-0.4, -0.2) is 21.7 Å². The highest BCUT2D eigenvalue weighted by atomic mass is 16.5. The average molecular weight is 244 g/mol. The van der Waals surface area contributed by atoms with E-state index >= 15 is 0 Å². The van der Waals surface area contributed by atoms with Gasteiger partial charge in [-0.1, -0.05) is 5.16 Å². The fourth-order valence-corrected chi connectivity index (χ4v) is 1.40. The Morgan fingerprint density at radius 3 is 2.94 bits per heavy atom. The first kappa shape index (κ1) is 11.9. The Bertz CT molecular complexity index is 585. The molecule has 18 heavy (non-hydrogen) atoms. The third-order valence-corrected chi connectivity index (χ3v) is 2.25. The van der Waals surface area contributed by atoms with Crippen LogP contribution in [0.2, 0.25) is 0 Å². The molecule has 0 unspecified atom stereocenters. The Kier molecular flexibility index (Phi) is 3.38. The Morgan fingerprint density at radius 1 is 1.44 bits per heavy atom. The molecule has 0 bridgehead atoms. The Morgan fingerprint density at radius 2 is 2.28 bits per heavy atom. The maximum absolute atomic E-state index is 8.80. The minimum absolute atomic E-state index is 0.216. The first-order valence-corrected chi connectivity index (χ1v) is 5.38. The SMILES string of the molecule is Cc1noc(CCNc2ccc(N)c(C#N)n2)n1. The van der Waals surface area contributed by atoms with Crippen LogP contribution in [0.4, 0.5) is 11.5 Å². The van der Waals surface area contributed by atoms with Crippen molar-refractivity contribution in [3.63, 3.8) is 0 Å². The molecule has 2 rings (SSSR count). The molecule has 0 aliphatic rings. The van der Waals surface area contributed by atoms with E-state index in [0.29, 0.717) is 36.2 Å². The number of nitrogens with one attached hydrogen (secondary N) is 1. The minimum atomic E-state index is 0.216. The third kappa shape index (κ3) is 2.74. The zero-order valence-electron chi connectivity index (χ0n) is 9.84. The first-order chi connectivity index (χ1) is 8.69. The molecular weight excluding hydrogens is 232 g/mol. The van der Waals surface area contributed by atoms with Gasteiger partial charge in [0, 0.05) is 13.0 Å². The van der Waals surface area contributed by atoms with Crippen LogP contribution < -0.4 is 11.1 Å². The maximum Gasteiger partial charge on any atom is 0.228 e. The first-order valence-electron chi connectivity index (χ1n) is 5.38. The van der Waals surface area contributed by atoms with Crippen molar-refractivity contribution in [2.45, 2.75) is 13.3 Å². The van der Waals surface area contributed by atoms with Crippen molar-refractivity contribution in [2.75, 3.05) is 17.6 Å². The second-order valence-corrected chi connectivity index (χ2v) is 3.66. The number of rotatable bonds is 4. The Balaban J connectivity index is 1.93. The van der Waals surface area contributed by atoms with Gasteiger partial charge >= 0.3 is 0 Å². The second kappa shape index (κ2) is 5.14. The van der Waals surface area contributed by atoms with Crippen LogP contribution >= 0.6 is 0 Å². The molecule has 2 aromatic rings. The van der Waals surface area contributed by atoms with Gasteiger partial charge in [0.25, 0.3) is 0 Å². The second-order valence-electron chi connectivity index (χ2n) is 3.66. The number of nitriles is 1. The van der Waals surface area contributed by atoms with Crippen molar-refractivity contribution in [3.8, 4) is 6.07 Å². The topological polar surface area (TPSA) is 114 Å². The van der Waals surface area contributed by atoms with Crippen molar-refractivity contribution in [1.29, 1.82) is 5.26 Å². The zero-order valence-corrected chi connectivity index (χ0v) is 9.84. The van der Waals surface area contributed by atoms with Gasteiger partial charge < -0.3 is 15.6 Å². The number of nitrogens with two attached hydrogens (primary N) is 1. The van der Waals surface area contributed by atoms with Crippen molar-refractivity contribution in [2.24, 2.45) is 0 Å². The van der Waals surface area contributed by atoms with Crippen molar-refractivity contribution >= 4 is 11.5 Å². The summed E-state index contributed by atoms with van der Waals surface area (Å²) >= 11 is 0. The fraction of sp³-hybridized carbons (Fsp3) is 0.273. The summed E-state index contributed by atoms with van der Waals surface area (Å²) in [6.45, 7) is 2.35. The quantitative estimate of drug-likeness (QED) is 0.820. The van der Waals surface area contributed by atoms with Crippen LogP contribution in [0.25, 0.3) is 0 Å². The lowest BCUT2D eigenvalue weighted by Gasteiger charge is -2.04. The van der Waals surface area contributed by atoms with Crippen LogP contribution in [0.1, 0.15) is 17.4 Å². The average Bonchev–Trinajstić information content (AvgIpc) is 2.77. The van der Waals surface area contributed by atoms with E-state index in [1.165, 1.54) is 0 Å². The van der Waals surface area contributed by atoms with Gasteiger partial charge in [0.2, 0.25) is 5.89 Å². The van der Waals surface area contributed by atoms with Gasteiger partial charge in [-0.25, -0.2) is 4.98 Å². The van der Waals surface area contributed by atoms with Gasteiger partial charge in [-0.15, -0.1) is 0 Å². The van der Waals surface area contributed by atoms with E-state index < -0.39 is 0 Å². The van der Waals surface area contributed by atoms with Crippen LogP contribution in [0, 0.1) is 18.3 Å². The van der Waals surface area contributed by atoms with Gasteiger partial charge in [0.1, 0.15) is 11.9 Å². The minimum Gasteiger partial charge on any atom is -0.396 e. The van der Waals surface area contributed by atoms with Gasteiger partial charge in [-0.05, 0) is 19.1 Å². The van der Waals surface area contributed by atoms with E-state index in [9.17, 15) is 0 Å². The lowest BCUT2D eigenvalue weighted by Crippen LogP contribution is -2.07. The lowest BCUT2D eigenvalue weighted by molar-refractivity contribution is 0.377. The predicted molar refractivity (Wildman–Crippen MR) is 64.6 cm³/mol. The van der Waals surface area contributed by atoms with Crippen molar-refractivity contribution in [3.05, 3.63) is 29.5 Å². The molecule has 2 aromatic heterocycles. The lowest BCUT2D eigenvalue weighted by atomic mass is 10.3. The summed E-state index contributed by atoms with van der Waals surface area (Å²) < 4.78 is 4.97. The Labute approximate surface area is 104 Å². The molecule has 3 N–H and O–H groups in total. The molecule has 7 heteroatoms. The van der Waals surface area contributed by atoms with E-state index in [0.717, 1.165) is 0 Å². The van der Waals surface area contributed by atoms with Crippen LogP contribution in [-0.2, 0) is 6.42 Å².